The highest BCUT2D eigenvalue weighted by molar-refractivity contribution is 7.92. The summed E-state index contributed by atoms with van der Waals surface area (Å²) >= 11 is 0. The molecule has 8 nitrogen and oxygen atoms in total. The van der Waals surface area contributed by atoms with E-state index in [4.69, 9.17) is 5.73 Å². The van der Waals surface area contributed by atoms with Crippen LogP contribution in [0.2, 0.25) is 0 Å². The van der Waals surface area contributed by atoms with Crippen LogP contribution in [0, 0.1) is 6.92 Å². The summed E-state index contributed by atoms with van der Waals surface area (Å²) in [6.45, 7) is 1.05. The molecule has 0 unspecified atom stereocenters. The molecule has 1 saturated carbocycles. The number of sulfone groups is 1. The molecule has 2 aromatic carbocycles. The lowest BCUT2D eigenvalue weighted by molar-refractivity contribution is 0.251. The van der Waals surface area contributed by atoms with Crippen LogP contribution in [0.3, 0.4) is 0 Å². The number of rotatable bonds is 7. The van der Waals surface area contributed by atoms with Crippen LogP contribution in [0.1, 0.15) is 24.1 Å². The number of carbonyl (C=O) groups excluding carboxylic acids is 1. The van der Waals surface area contributed by atoms with Crippen molar-refractivity contribution in [1.82, 2.24) is 15.3 Å². The predicted octanol–water partition coefficient (Wildman–Crippen LogP) is 3.59. The average molecular weight is 470 g/mol. The fourth-order valence-corrected chi connectivity index (χ4v) is 5.90. The molecule has 1 aromatic heterocycles. The molecule has 0 atom stereocenters. The van der Waals surface area contributed by atoms with Gasteiger partial charge in [-0.15, -0.1) is 0 Å². The van der Waals surface area contributed by atoms with Crippen molar-refractivity contribution in [3.05, 3.63) is 65.9 Å². The number of alkyl halides is 1. The molecule has 172 valence electrons. The topological polar surface area (TPSA) is 127 Å². The highest BCUT2D eigenvalue weighted by Gasteiger charge is 2.58. The van der Waals surface area contributed by atoms with Crippen LogP contribution in [-0.4, -0.2) is 37.6 Å². The number of carbonyl (C=O) groups is 1. The maximum absolute atomic E-state index is 13.5. The Kier molecular flexibility index (Phi) is 6.03. The maximum atomic E-state index is 13.5. The molecule has 3 aromatic rings. The zero-order chi connectivity index (χ0) is 23.6. The van der Waals surface area contributed by atoms with Crippen LogP contribution in [-0.2, 0) is 14.6 Å². The van der Waals surface area contributed by atoms with Crippen molar-refractivity contribution in [2.24, 2.45) is 0 Å². The van der Waals surface area contributed by atoms with Crippen molar-refractivity contribution in [3.8, 4) is 11.4 Å². The number of hydrogen-bond donors (Lipinski definition) is 3. The van der Waals surface area contributed by atoms with E-state index < -0.39 is 27.3 Å². The standard InChI is InChI=1S/C23H24FN5O3S/c1-15-4-2-3-5-18(15)33(31,32)23(10-11-23)19-14-20(25)29-21(28-19)16-6-8-17(9-7-16)27-22(30)26-13-12-24/h2-9,14H,10-13H2,1H3,(H2,25,28,29)(H2,26,27,30). The zero-order valence-corrected chi connectivity index (χ0v) is 18.8. The molecule has 1 heterocycles. The number of anilines is 2. The average Bonchev–Trinajstić information content (AvgIpc) is 3.61. The first-order chi connectivity index (χ1) is 15.8. The van der Waals surface area contributed by atoms with Gasteiger partial charge in [-0.25, -0.2) is 27.6 Å². The van der Waals surface area contributed by atoms with E-state index in [1.54, 1.807) is 55.5 Å². The Morgan fingerprint density at radius 2 is 1.82 bits per heavy atom. The lowest BCUT2D eigenvalue weighted by atomic mass is 10.1. The quantitative estimate of drug-likeness (QED) is 0.485. The van der Waals surface area contributed by atoms with Gasteiger partial charge in [-0.2, -0.15) is 0 Å². The third-order valence-corrected chi connectivity index (χ3v) is 8.28. The van der Waals surface area contributed by atoms with Crippen molar-refractivity contribution >= 4 is 27.4 Å². The molecule has 10 heteroatoms. The Morgan fingerprint density at radius 3 is 2.45 bits per heavy atom. The number of aromatic nitrogens is 2. The molecule has 0 saturated heterocycles. The largest absolute Gasteiger partial charge is 0.384 e. The Morgan fingerprint density at radius 1 is 1.12 bits per heavy atom. The molecule has 33 heavy (non-hydrogen) atoms. The molecule has 1 aliphatic carbocycles. The second kappa shape index (κ2) is 8.78. The zero-order valence-electron chi connectivity index (χ0n) is 18.0. The SMILES string of the molecule is Cc1ccccc1S(=O)(=O)C1(c2cc(N)nc(-c3ccc(NC(=O)NCCF)cc3)n2)CC1. The lowest BCUT2D eigenvalue weighted by Gasteiger charge is -2.18. The summed E-state index contributed by atoms with van der Waals surface area (Å²) in [4.78, 5) is 20.8. The summed E-state index contributed by atoms with van der Waals surface area (Å²) in [5, 5.41) is 4.97. The molecule has 0 bridgehead atoms. The Labute approximate surface area is 191 Å². The van der Waals surface area contributed by atoms with Crippen LogP contribution in [0.15, 0.2) is 59.5 Å². The van der Waals surface area contributed by atoms with Crippen molar-refractivity contribution in [3.63, 3.8) is 0 Å². The highest BCUT2D eigenvalue weighted by Crippen LogP contribution is 2.55. The minimum absolute atomic E-state index is 0.0724. The van der Waals surface area contributed by atoms with E-state index >= 15 is 0 Å². The summed E-state index contributed by atoms with van der Waals surface area (Å²) in [5.74, 6) is 0.471. The van der Waals surface area contributed by atoms with Gasteiger partial charge in [0.25, 0.3) is 0 Å². The molecule has 1 aliphatic rings. The monoisotopic (exact) mass is 469 g/mol. The van der Waals surface area contributed by atoms with Crippen molar-refractivity contribution in [2.45, 2.75) is 29.4 Å². The molecule has 2 amide bonds. The van der Waals surface area contributed by atoms with Crippen molar-refractivity contribution in [1.29, 1.82) is 0 Å². The number of nitrogens with two attached hydrogens (primary N) is 1. The van der Waals surface area contributed by atoms with Crippen molar-refractivity contribution in [2.75, 3.05) is 24.3 Å². The minimum atomic E-state index is -3.68. The van der Waals surface area contributed by atoms with Gasteiger partial charge in [0.15, 0.2) is 15.7 Å². The van der Waals surface area contributed by atoms with Gasteiger partial charge in [-0.3, -0.25) is 0 Å². The van der Waals surface area contributed by atoms with Crippen LogP contribution in [0.5, 0.6) is 0 Å². The summed E-state index contributed by atoms with van der Waals surface area (Å²) in [7, 11) is -3.68. The summed E-state index contributed by atoms with van der Waals surface area (Å²) in [6.07, 6.45) is 0.910. The molecule has 0 radical (unpaired) electrons. The first-order valence-corrected chi connectivity index (χ1v) is 11.9. The van der Waals surface area contributed by atoms with Gasteiger partial charge in [0.05, 0.1) is 10.6 Å². The number of nitrogens with one attached hydrogen (secondary N) is 2. The van der Waals surface area contributed by atoms with Crippen molar-refractivity contribution < 1.29 is 17.6 Å². The Hall–Kier alpha value is -3.53. The van der Waals surface area contributed by atoms with Gasteiger partial charge in [0, 0.05) is 23.9 Å². The Balaban J connectivity index is 1.64. The van der Waals surface area contributed by atoms with E-state index in [2.05, 4.69) is 20.6 Å². The number of aryl methyl sites for hydroxylation is 1. The first-order valence-electron chi connectivity index (χ1n) is 10.4. The first kappa shape index (κ1) is 22.7. The number of nitrogen functional groups attached to an aromatic ring is 1. The van der Waals surface area contributed by atoms with Gasteiger partial charge in [0.1, 0.15) is 17.2 Å². The third kappa shape index (κ3) is 4.38. The van der Waals surface area contributed by atoms with E-state index in [1.165, 1.54) is 6.07 Å². The second-order valence-corrected chi connectivity index (χ2v) is 10.1. The lowest BCUT2D eigenvalue weighted by Crippen LogP contribution is -2.30. The van der Waals surface area contributed by atoms with E-state index in [0.29, 0.717) is 46.1 Å². The molecule has 0 aliphatic heterocycles. The number of amides is 2. The van der Waals surface area contributed by atoms with Crippen LogP contribution < -0.4 is 16.4 Å². The fourth-order valence-electron chi connectivity index (χ4n) is 3.71. The van der Waals surface area contributed by atoms with Crippen LogP contribution in [0.25, 0.3) is 11.4 Å². The summed E-state index contributed by atoms with van der Waals surface area (Å²) < 4.78 is 38.1. The van der Waals surface area contributed by atoms with Crippen LogP contribution >= 0.6 is 0 Å². The number of benzene rings is 2. The number of nitrogens with zero attached hydrogens (tertiary/aromatic N) is 2. The summed E-state index contributed by atoms with van der Waals surface area (Å²) in [6, 6.07) is 14.6. The van der Waals surface area contributed by atoms with E-state index in [-0.39, 0.29) is 12.4 Å². The van der Waals surface area contributed by atoms with Gasteiger partial charge in [0.2, 0.25) is 0 Å². The smallest absolute Gasteiger partial charge is 0.319 e. The molecule has 1 fully saturated rings. The Bertz CT molecular complexity index is 1290. The fraction of sp³-hybridized carbons (Fsp3) is 0.261. The normalized spacial score (nSPS) is 14.5. The molecule has 4 N–H and O–H groups in total. The third-order valence-electron chi connectivity index (χ3n) is 5.60. The molecular formula is C23H24FN5O3S. The number of urea groups is 1. The van der Waals surface area contributed by atoms with Gasteiger partial charge < -0.3 is 16.4 Å². The van der Waals surface area contributed by atoms with E-state index in [1.807, 2.05) is 0 Å². The highest BCUT2D eigenvalue weighted by atomic mass is 32.2. The van der Waals surface area contributed by atoms with Gasteiger partial charge in [-0.1, -0.05) is 18.2 Å². The molecule has 4 rings (SSSR count). The second-order valence-electron chi connectivity index (χ2n) is 7.91. The minimum Gasteiger partial charge on any atom is -0.384 e. The number of halogens is 1. The van der Waals surface area contributed by atoms with Gasteiger partial charge >= 0.3 is 6.03 Å². The van der Waals surface area contributed by atoms with E-state index in [0.717, 1.165) is 0 Å². The number of hydrogen-bond acceptors (Lipinski definition) is 6. The maximum Gasteiger partial charge on any atom is 0.319 e. The molecular weight excluding hydrogens is 445 g/mol. The van der Waals surface area contributed by atoms with Crippen LogP contribution in [0.4, 0.5) is 20.7 Å². The molecule has 0 spiro atoms. The summed E-state index contributed by atoms with van der Waals surface area (Å²) in [5.41, 5.74) is 8.21. The predicted molar refractivity (Wildman–Crippen MR) is 124 cm³/mol. The van der Waals surface area contributed by atoms with E-state index in [9.17, 15) is 17.6 Å². The van der Waals surface area contributed by atoms with Gasteiger partial charge in [-0.05, 0) is 55.7 Å².